The summed E-state index contributed by atoms with van der Waals surface area (Å²) in [6.45, 7) is 1.66. The van der Waals surface area contributed by atoms with Gasteiger partial charge in [-0.25, -0.2) is 5.84 Å². The van der Waals surface area contributed by atoms with Crippen molar-refractivity contribution in [2.75, 3.05) is 19.6 Å². The molecule has 0 radical (unpaired) electrons. The van der Waals surface area contributed by atoms with Gasteiger partial charge >= 0.3 is 0 Å². The maximum Gasteiger partial charge on any atom is 0.173 e. The molecule has 1 fully saturated rings. The molecule has 0 amide bonds. The van der Waals surface area contributed by atoms with E-state index in [0.717, 1.165) is 5.01 Å². The van der Waals surface area contributed by atoms with E-state index in [-0.39, 0.29) is 0 Å². The highest BCUT2D eigenvalue weighted by Crippen LogP contribution is 2.23. The lowest BCUT2D eigenvalue weighted by atomic mass is 9.98. The van der Waals surface area contributed by atoms with Gasteiger partial charge in [0.1, 0.15) is 24.4 Å². The fraction of sp³-hybridized carbons (Fsp3) is 0.750. The predicted octanol–water partition coefficient (Wildman–Crippen LogP) is -4.09. The molecule has 0 aliphatic carbocycles. The number of hydrazine groups is 1. The highest BCUT2D eigenvalue weighted by molar-refractivity contribution is 5.57. The third kappa shape index (κ3) is 4.36. The van der Waals surface area contributed by atoms with E-state index < -0.39 is 30.6 Å². The highest BCUT2D eigenvalue weighted by atomic mass is 16.6. The first-order valence-electron chi connectivity index (χ1n) is 6.98. The van der Waals surface area contributed by atoms with Crippen LogP contribution in [0.2, 0.25) is 0 Å². The minimum Gasteiger partial charge on any atom is -0.403 e. The van der Waals surface area contributed by atoms with Crippen LogP contribution in [0.15, 0.2) is 11.9 Å². The summed E-state index contributed by atoms with van der Waals surface area (Å²) >= 11 is 0. The first-order valence-corrected chi connectivity index (χ1v) is 6.98. The Morgan fingerprint density at radius 3 is 2.45 bits per heavy atom. The Labute approximate surface area is 128 Å². The number of ether oxygens (including phenoxy) is 1. The van der Waals surface area contributed by atoms with Crippen LogP contribution in [0.4, 0.5) is 0 Å². The molecule has 0 aromatic heterocycles. The summed E-state index contributed by atoms with van der Waals surface area (Å²) in [5, 5.41) is 33.5. The summed E-state index contributed by atoms with van der Waals surface area (Å²) < 4.78 is 5.24. The van der Waals surface area contributed by atoms with E-state index in [0.29, 0.717) is 38.0 Å². The highest BCUT2D eigenvalue weighted by Gasteiger charge is 2.45. The molecule has 22 heavy (non-hydrogen) atoms. The lowest BCUT2D eigenvalue weighted by molar-refractivity contribution is -0.246. The zero-order valence-electron chi connectivity index (χ0n) is 12.2. The van der Waals surface area contributed by atoms with Crippen molar-refractivity contribution in [3.05, 3.63) is 11.9 Å². The van der Waals surface area contributed by atoms with Crippen molar-refractivity contribution < 1.29 is 24.9 Å². The van der Waals surface area contributed by atoms with Gasteiger partial charge in [-0.3, -0.25) is 5.01 Å². The molecule has 5 atom stereocenters. The van der Waals surface area contributed by atoms with Crippen molar-refractivity contribution in [2.24, 2.45) is 17.3 Å². The molecule has 0 saturated carbocycles. The molecule has 1 aliphatic heterocycles. The summed E-state index contributed by atoms with van der Waals surface area (Å²) in [5.74, 6) is 5.87. The summed E-state index contributed by atoms with van der Waals surface area (Å²) in [5.41, 5.74) is 11.3. The van der Waals surface area contributed by atoms with Gasteiger partial charge in [0, 0.05) is 38.0 Å². The van der Waals surface area contributed by atoms with Gasteiger partial charge in [-0.15, -0.1) is 0 Å². The average Bonchev–Trinajstić information content (AvgIpc) is 2.52. The fourth-order valence-corrected chi connectivity index (χ4v) is 2.14. The van der Waals surface area contributed by atoms with Crippen molar-refractivity contribution in [3.8, 4) is 0 Å². The Kier molecular flexibility index (Phi) is 7.68. The molecule has 1 heterocycles. The largest absolute Gasteiger partial charge is 0.403 e. The van der Waals surface area contributed by atoms with Gasteiger partial charge < -0.3 is 41.6 Å². The van der Waals surface area contributed by atoms with E-state index in [1.165, 1.54) is 6.20 Å². The van der Waals surface area contributed by atoms with Gasteiger partial charge in [-0.1, -0.05) is 0 Å². The number of hydrogen-bond donors (Lipinski definition) is 7. The molecule has 10 N–H and O–H groups in total. The van der Waals surface area contributed by atoms with Crippen molar-refractivity contribution in [1.82, 2.24) is 10.3 Å². The Hall–Kier alpha value is -1.27. The molecule has 128 valence electrons. The molecule has 1 aliphatic rings. The topological polar surface area (TPSA) is 180 Å². The van der Waals surface area contributed by atoms with Crippen LogP contribution in [0.3, 0.4) is 0 Å². The van der Waals surface area contributed by atoms with Gasteiger partial charge in [0.05, 0.1) is 0 Å². The number of aliphatic hydroxyl groups excluding tert-OH is 3. The lowest BCUT2D eigenvalue weighted by Crippen LogP contribution is -2.64. The predicted molar refractivity (Wildman–Crippen MR) is 77.6 cm³/mol. The van der Waals surface area contributed by atoms with E-state index in [2.05, 4.69) is 5.32 Å². The van der Waals surface area contributed by atoms with Gasteiger partial charge in [-0.2, -0.15) is 0 Å². The number of nitrogens with two attached hydrogens (primary N) is 3. The number of aliphatic hydroxyl groups is 3. The van der Waals surface area contributed by atoms with Crippen molar-refractivity contribution in [1.29, 1.82) is 0 Å². The SMILES string of the molecule is N/C=C(/CCNCCN)N(N)C1OC(C=O)C(O)C(O)C1O. The second-order valence-corrected chi connectivity index (χ2v) is 4.95. The van der Waals surface area contributed by atoms with E-state index in [9.17, 15) is 20.1 Å². The molecular formula is C12H25N5O5. The number of nitrogens with one attached hydrogen (secondary N) is 1. The van der Waals surface area contributed by atoms with E-state index in [1.54, 1.807) is 0 Å². The molecule has 5 unspecified atom stereocenters. The maximum atomic E-state index is 10.9. The van der Waals surface area contributed by atoms with Crippen LogP contribution in [-0.2, 0) is 9.53 Å². The van der Waals surface area contributed by atoms with Gasteiger partial charge in [-0.05, 0) is 0 Å². The average molecular weight is 319 g/mol. The second kappa shape index (κ2) is 9.00. The Morgan fingerprint density at radius 2 is 1.91 bits per heavy atom. The zero-order valence-corrected chi connectivity index (χ0v) is 12.2. The number of hydrogen-bond acceptors (Lipinski definition) is 10. The Balaban J connectivity index is 2.71. The Bertz CT molecular complexity index is 383. The quantitative estimate of drug-likeness (QED) is 0.101. The molecule has 1 rings (SSSR count). The van der Waals surface area contributed by atoms with Crippen molar-refractivity contribution in [2.45, 2.75) is 37.1 Å². The van der Waals surface area contributed by atoms with Crippen molar-refractivity contribution >= 4 is 6.29 Å². The molecule has 10 heteroatoms. The third-order valence-electron chi connectivity index (χ3n) is 3.44. The lowest BCUT2D eigenvalue weighted by Gasteiger charge is -2.43. The van der Waals surface area contributed by atoms with Crippen LogP contribution in [0, 0.1) is 0 Å². The first-order chi connectivity index (χ1) is 10.5. The van der Waals surface area contributed by atoms with Crippen molar-refractivity contribution in [3.63, 3.8) is 0 Å². The summed E-state index contributed by atoms with van der Waals surface area (Å²) in [4.78, 5) is 10.9. The van der Waals surface area contributed by atoms with Crippen LogP contribution in [-0.4, -0.2) is 76.9 Å². The minimum absolute atomic E-state index is 0.343. The number of nitrogens with zero attached hydrogens (tertiary/aromatic N) is 1. The molecular weight excluding hydrogens is 294 g/mol. The molecule has 0 aromatic carbocycles. The minimum atomic E-state index is -1.56. The molecule has 0 spiro atoms. The smallest absolute Gasteiger partial charge is 0.173 e. The molecule has 1 saturated heterocycles. The second-order valence-electron chi connectivity index (χ2n) is 4.95. The monoisotopic (exact) mass is 319 g/mol. The van der Waals surface area contributed by atoms with Crippen LogP contribution >= 0.6 is 0 Å². The van der Waals surface area contributed by atoms with Crippen LogP contribution < -0.4 is 22.6 Å². The van der Waals surface area contributed by atoms with E-state index in [1.807, 2.05) is 0 Å². The number of aldehydes is 1. The van der Waals surface area contributed by atoms with E-state index >= 15 is 0 Å². The Morgan fingerprint density at radius 1 is 1.23 bits per heavy atom. The zero-order chi connectivity index (χ0) is 16.7. The molecule has 0 bridgehead atoms. The summed E-state index contributed by atoms with van der Waals surface area (Å²) in [6, 6.07) is 0. The van der Waals surface area contributed by atoms with Gasteiger partial charge in [0.15, 0.2) is 12.5 Å². The van der Waals surface area contributed by atoms with E-state index in [4.69, 9.17) is 22.0 Å². The molecule has 0 aromatic rings. The third-order valence-corrected chi connectivity index (χ3v) is 3.44. The van der Waals surface area contributed by atoms with Gasteiger partial charge in [0.25, 0.3) is 0 Å². The molecule has 10 nitrogen and oxygen atoms in total. The standard InChI is InChI=1S/C12H25N5O5/c13-2-4-16-3-1-7(5-14)17(15)12-11(21)10(20)9(19)8(6-18)22-12/h5-6,8-12,16,19-21H,1-4,13-15H2/b7-5-. The van der Waals surface area contributed by atoms with Crippen LogP contribution in [0.5, 0.6) is 0 Å². The number of carbonyl (C=O) groups is 1. The fourth-order valence-electron chi connectivity index (χ4n) is 2.14. The van der Waals surface area contributed by atoms with Crippen LogP contribution in [0.1, 0.15) is 6.42 Å². The van der Waals surface area contributed by atoms with Crippen LogP contribution in [0.25, 0.3) is 0 Å². The maximum absolute atomic E-state index is 10.9. The normalized spacial score (nSPS) is 32.8. The summed E-state index contributed by atoms with van der Waals surface area (Å²) in [6.07, 6.45) is -5.07. The number of carbonyl (C=O) groups excluding carboxylic acids is 1. The van der Waals surface area contributed by atoms with Gasteiger partial charge in [0.2, 0.25) is 0 Å². The number of rotatable bonds is 8. The first kappa shape index (κ1) is 18.8. The summed E-state index contributed by atoms with van der Waals surface area (Å²) in [7, 11) is 0.